The molecule has 2 N–H and O–H groups in total. The number of aromatic nitrogens is 4. The Morgan fingerprint density at radius 1 is 1.03 bits per heavy atom. The fraction of sp³-hybridized carbons (Fsp3) is 0.364. The Labute approximate surface area is 180 Å². The second-order valence-corrected chi connectivity index (χ2v) is 8.54. The van der Waals surface area contributed by atoms with E-state index in [1.165, 1.54) is 22.9 Å². The molecule has 0 radical (unpaired) electrons. The van der Waals surface area contributed by atoms with Gasteiger partial charge < -0.3 is 14.9 Å². The second kappa shape index (κ2) is 8.87. The number of amides is 1. The van der Waals surface area contributed by atoms with E-state index in [-0.39, 0.29) is 23.9 Å². The number of thioether (sulfide) groups is 1. The molecule has 0 spiro atoms. The molecule has 2 aromatic heterocycles. The van der Waals surface area contributed by atoms with Gasteiger partial charge in [-0.15, -0.1) is 10.2 Å². The van der Waals surface area contributed by atoms with Gasteiger partial charge in [-0.2, -0.15) is 0 Å². The highest BCUT2D eigenvalue weighted by Gasteiger charge is 2.19. The third kappa shape index (κ3) is 4.64. The average molecular weight is 426 g/mol. The minimum absolute atomic E-state index is 0.0467. The Balaban J connectivity index is 1.76. The Morgan fingerprint density at radius 2 is 1.70 bits per heavy atom. The van der Waals surface area contributed by atoms with E-state index in [1.807, 2.05) is 27.0 Å². The standard InChI is InChI=1S/C22H27N5O2S/c1-13-8-14(2)10-17(9-13)27-15(3)11-18(16(27)4)19(28)12-30-22-25-24-21(26(22)5)7-6-20(23)29/h8-11H,6-7,12H2,1-5H3,(H2,23,29). The van der Waals surface area contributed by atoms with Crippen LogP contribution in [0.2, 0.25) is 0 Å². The van der Waals surface area contributed by atoms with E-state index >= 15 is 0 Å². The number of Topliss-reactive ketones (excluding diaryl/α,β-unsaturated/α-hetero) is 1. The van der Waals surface area contributed by atoms with Crippen molar-refractivity contribution in [2.24, 2.45) is 12.8 Å². The second-order valence-electron chi connectivity index (χ2n) is 7.60. The van der Waals surface area contributed by atoms with Crippen LogP contribution in [0.5, 0.6) is 0 Å². The summed E-state index contributed by atoms with van der Waals surface area (Å²) in [5.74, 6) is 0.613. The molecule has 7 nitrogen and oxygen atoms in total. The molecule has 0 fully saturated rings. The van der Waals surface area contributed by atoms with Crippen molar-refractivity contribution < 1.29 is 9.59 Å². The van der Waals surface area contributed by atoms with Gasteiger partial charge in [0.2, 0.25) is 5.91 Å². The highest BCUT2D eigenvalue weighted by atomic mass is 32.2. The number of carbonyl (C=O) groups is 2. The van der Waals surface area contributed by atoms with E-state index < -0.39 is 0 Å². The van der Waals surface area contributed by atoms with E-state index in [4.69, 9.17) is 5.73 Å². The van der Waals surface area contributed by atoms with Gasteiger partial charge >= 0.3 is 0 Å². The van der Waals surface area contributed by atoms with Crippen LogP contribution < -0.4 is 5.73 Å². The molecule has 0 aliphatic rings. The van der Waals surface area contributed by atoms with E-state index in [0.717, 1.165) is 22.6 Å². The van der Waals surface area contributed by atoms with Crippen LogP contribution in [0.3, 0.4) is 0 Å². The van der Waals surface area contributed by atoms with Crippen LogP contribution in [0, 0.1) is 27.7 Å². The smallest absolute Gasteiger partial charge is 0.217 e. The summed E-state index contributed by atoms with van der Waals surface area (Å²) in [6, 6.07) is 8.34. The minimum atomic E-state index is -0.374. The highest BCUT2D eigenvalue weighted by molar-refractivity contribution is 7.99. The normalized spacial score (nSPS) is 11.1. The van der Waals surface area contributed by atoms with E-state index in [9.17, 15) is 9.59 Å². The van der Waals surface area contributed by atoms with Crippen LogP contribution >= 0.6 is 11.8 Å². The van der Waals surface area contributed by atoms with E-state index in [0.29, 0.717) is 17.4 Å². The first kappa shape index (κ1) is 21.8. The molecule has 158 valence electrons. The van der Waals surface area contributed by atoms with Crippen LogP contribution in [0.1, 0.15) is 45.1 Å². The van der Waals surface area contributed by atoms with Crippen molar-refractivity contribution in [1.82, 2.24) is 19.3 Å². The molecule has 0 saturated carbocycles. The summed E-state index contributed by atoms with van der Waals surface area (Å²) in [4.78, 5) is 23.9. The lowest BCUT2D eigenvalue weighted by Gasteiger charge is -2.12. The van der Waals surface area contributed by atoms with Gasteiger partial charge in [-0.05, 0) is 57.0 Å². The van der Waals surface area contributed by atoms with Gasteiger partial charge in [-0.25, -0.2) is 0 Å². The third-order valence-corrected chi connectivity index (χ3v) is 6.07. The van der Waals surface area contributed by atoms with E-state index in [1.54, 1.807) is 4.57 Å². The summed E-state index contributed by atoms with van der Waals surface area (Å²) in [5.41, 5.74) is 11.3. The number of nitrogens with two attached hydrogens (primary N) is 1. The molecule has 3 aromatic rings. The zero-order valence-electron chi connectivity index (χ0n) is 18.0. The third-order valence-electron chi connectivity index (χ3n) is 5.05. The quantitative estimate of drug-likeness (QED) is 0.442. The first-order valence-electron chi connectivity index (χ1n) is 9.77. The Kier molecular flexibility index (Phi) is 6.45. The van der Waals surface area contributed by atoms with Crippen molar-refractivity contribution in [1.29, 1.82) is 0 Å². The molecular weight excluding hydrogens is 398 g/mol. The van der Waals surface area contributed by atoms with Crippen molar-refractivity contribution in [2.75, 3.05) is 5.75 Å². The molecule has 3 rings (SSSR count). The van der Waals surface area contributed by atoms with Crippen LogP contribution in [0.15, 0.2) is 29.4 Å². The predicted molar refractivity (Wildman–Crippen MR) is 118 cm³/mol. The van der Waals surface area contributed by atoms with Crippen molar-refractivity contribution in [2.45, 2.75) is 45.7 Å². The number of rotatable bonds is 8. The Hall–Kier alpha value is -2.87. The highest BCUT2D eigenvalue weighted by Crippen LogP contribution is 2.25. The maximum Gasteiger partial charge on any atom is 0.217 e. The number of hydrogen-bond acceptors (Lipinski definition) is 5. The lowest BCUT2D eigenvalue weighted by Crippen LogP contribution is -2.13. The van der Waals surface area contributed by atoms with Gasteiger partial charge in [0.25, 0.3) is 0 Å². The lowest BCUT2D eigenvalue weighted by atomic mass is 10.1. The summed E-state index contributed by atoms with van der Waals surface area (Å²) in [5, 5.41) is 8.88. The fourth-order valence-electron chi connectivity index (χ4n) is 3.65. The Morgan fingerprint density at radius 3 is 2.33 bits per heavy atom. The molecule has 1 amide bonds. The van der Waals surface area contributed by atoms with Crippen molar-refractivity contribution in [3.63, 3.8) is 0 Å². The number of carbonyl (C=O) groups excluding carboxylic acids is 2. The van der Waals surface area contributed by atoms with E-state index in [2.05, 4.69) is 46.8 Å². The van der Waals surface area contributed by atoms with Gasteiger partial charge in [-0.3, -0.25) is 9.59 Å². The first-order chi connectivity index (χ1) is 14.2. The number of hydrogen-bond donors (Lipinski definition) is 1. The Bertz CT molecular complexity index is 1090. The van der Waals surface area contributed by atoms with Crippen molar-refractivity contribution >= 4 is 23.5 Å². The molecule has 0 aliphatic heterocycles. The summed E-state index contributed by atoms with van der Waals surface area (Å²) >= 11 is 1.34. The van der Waals surface area contributed by atoms with Crippen LogP contribution in [0.4, 0.5) is 0 Å². The van der Waals surface area contributed by atoms with Crippen LogP contribution in [-0.4, -0.2) is 36.8 Å². The van der Waals surface area contributed by atoms with Gasteiger partial charge in [0.15, 0.2) is 10.9 Å². The first-order valence-corrected chi connectivity index (χ1v) is 10.8. The number of ketones is 1. The topological polar surface area (TPSA) is 95.8 Å². The van der Waals surface area contributed by atoms with Gasteiger partial charge in [0, 0.05) is 42.5 Å². The number of nitrogens with zero attached hydrogens (tertiary/aromatic N) is 4. The monoisotopic (exact) mass is 425 g/mol. The van der Waals surface area contributed by atoms with Crippen molar-refractivity contribution in [3.8, 4) is 5.69 Å². The molecule has 2 heterocycles. The molecule has 0 saturated heterocycles. The average Bonchev–Trinajstić information content (AvgIpc) is 3.16. The molecular formula is C22H27N5O2S. The predicted octanol–water partition coefficient (Wildman–Crippen LogP) is 3.23. The number of primary amides is 1. The SMILES string of the molecule is Cc1cc(C)cc(-n2c(C)cc(C(=O)CSc3nnc(CCC(N)=O)n3C)c2C)c1. The summed E-state index contributed by atoms with van der Waals surface area (Å²) < 4.78 is 3.93. The fourth-order valence-corrected chi connectivity index (χ4v) is 4.47. The van der Waals surface area contributed by atoms with Crippen molar-refractivity contribution in [3.05, 3.63) is 58.2 Å². The number of benzene rings is 1. The maximum absolute atomic E-state index is 12.9. The van der Waals surface area contributed by atoms with Crippen LogP contribution in [-0.2, 0) is 18.3 Å². The molecule has 0 aliphatic carbocycles. The molecule has 8 heteroatoms. The molecule has 0 unspecified atom stereocenters. The van der Waals surface area contributed by atoms with Gasteiger partial charge in [0.05, 0.1) is 5.75 Å². The lowest BCUT2D eigenvalue weighted by molar-refractivity contribution is -0.118. The molecule has 30 heavy (non-hydrogen) atoms. The molecule has 1 aromatic carbocycles. The zero-order valence-corrected chi connectivity index (χ0v) is 18.8. The number of aryl methyl sites for hydroxylation is 4. The summed E-state index contributed by atoms with van der Waals surface area (Å²) in [6.07, 6.45) is 0.657. The zero-order chi connectivity index (χ0) is 22.0. The summed E-state index contributed by atoms with van der Waals surface area (Å²) in [7, 11) is 1.83. The van der Waals surface area contributed by atoms with Crippen LogP contribution in [0.25, 0.3) is 5.69 Å². The van der Waals surface area contributed by atoms with Gasteiger partial charge in [-0.1, -0.05) is 17.8 Å². The van der Waals surface area contributed by atoms with Gasteiger partial charge in [0.1, 0.15) is 5.82 Å². The molecule has 0 bridgehead atoms. The maximum atomic E-state index is 12.9. The summed E-state index contributed by atoms with van der Waals surface area (Å²) in [6.45, 7) is 8.15. The minimum Gasteiger partial charge on any atom is -0.370 e. The molecule has 0 atom stereocenters. The largest absolute Gasteiger partial charge is 0.370 e.